The average Bonchev–Trinajstić information content (AvgIpc) is 3.87. The second kappa shape index (κ2) is 14.0. The van der Waals surface area contributed by atoms with Crippen molar-refractivity contribution in [3.8, 4) is 5.75 Å². The molecule has 0 spiro atoms. The van der Waals surface area contributed by atoms with Crippen molar-refractivity contribution < 1.29 is 32.6 Å². The smallest absolute Gasteiger partial charge is 0.335 e. The third kappa shape index (κ3) is 7.92. The molecule has 1 saturated carbocycles. The van der Waals surface area contributed by atoms with Gasteiger partial charge in [0.1, 0.15) is 5.75 Å². The van der Waals surface area contributed by atoms with E-state index in [1.54, 1.807) is 50.8 Å². The highest BCUT2D eigenvalue weighted by atomic mass is 35.5. The van der Waals surface area contributed by atoms with E-state index in [0.29, 0.717) is 10.0 Å². The van der Waals surface area contributed by atoms with Gasteiger partial charge in [-0.2, -0.15) is 0 Å². The summed E-state index contributed by atoms with van der Waals surface area (Å²) < 4.78 is 31.9. The predicted octanol–water partition coefficient (Wildman–Crippen LogP) is 7.78. The van der Waals surface area contributed by atoms with E-state index in [9.17, 15) is 23.1 Å². The molecule has 2 amide bonds. The lowest BCUT2D eigenvalue weighted by Gasteiger charge is -2.52. The van der Waals surface area contributed by atoms with Gasteiger partial charge in [0.05, 0.1) is 40.3 Å². The molecule has 5 rings (SSSR count). The molecule has 2 N–H and O–H groups in total. The van der Waals surface area contributed by atoms with E-state index < -0.39 is 44.0 Å². The number of likely N-dealkylation sites (tertiary alicyclic amines) is 1. The Hall–Kier alpha value is -3.60. The summed E-state index contributed by atoms with van der Waals surface area (Å²) in [4.78, 5) is 42.2. The number of benzene rings is 3. The lowest BCUT2D eigenvalue weighted by Crippen LogP contribution is -2.59. The molecule has 49 heavy (non-hydrogen) atoms. The Morgan fingerprint density at radius 3 is 2.27 bits per heavy atom. The molecule has 4 atom stereocenters. The van der Waals surface area contributed by atoms with Crippen LogP contribution in [0, 0.1) is 11.3 Å². The zero-order valence-electron chi connectivity index (χ0n) is 28.2. The van der Waals surface area contributed by atoms with Gasteiger partial charge in [0.15, 0.2) is 9.84 Å². The van der Waals surface area contributed by atoms with Crippen LogP contribution in [0.2, 0.25) is 10.0 Å². The zero-order chi connectivity index (χ0) is 35.9. The van der Waals surface area contributed by atoms with Gasteiger partial charge in [0.2, 0.25) is 11.8 Å². The molecule has 2 aliphatic rings. The Morgan fingerprint density at radius 1 is 1.02 bits per heavy atom. The van der Waals surface area contributed by atoms with Crippen LogP contribution in [0.15, 0.2) is 66.7 Å². The van der Waals surface area contributed by atoms with Crippen molar-refractivity contribution in [2.45, 2.75) is 76.1 Å². The number of nitrogens with one attached hydrogen (secondary N) is 1. The maximum Gasteiger partial charge on any atom is 0.335 e. The summed E-state index contributed by atoms with van der Waals surface area (Å²) >= 11 is 12.8. The molecule has 3 aromatic rings. The monoisotopic (exact) mass is 728 g/mol. The maximum atomic E-state index is 15.1. The number of carbonyl (C=O) groups excluding carboxylic acids is 2. The van der Waals surface area contributed by atoms with E-state index in [4.69, 9.17) is 27.9 Å². The highest BCUT2D eigenvalue weighted by Gasteiger charge is 2.55. The number of hydrogen-bond donors (Lipinski definition) is 2. The van der Waals surface area contributed by atoms with Crippen LogP contribution in [0.3, 0.4) is 0 Å². The maximum absolute atomic E-state index is 15.1. The zero-order valence-corrected chi connectivity index (χ0v) is 30.5. The van der Waals surface area contributed by atoms with Crippen molar-refractivity contribution in [3.63, 3.8) is 0 Å². The molecule has 1 aliphatic carbocycles. The van der Waals surface area contributed by atoms with Gasteiger partial charge in [-0.1, -0.05) is 54.4 Å². The topological polar surface area (TPSA) is 130 Å². The Bertz CT molecular complexity index is 1850. The lowest BCUT2D eigenvalue weighted by molar-refractivity contribution is -0.156. The number of amides is 2. The first-order valence-corrected chi connectivity index (χ1v) is 18.6. The Morgan fingerprint density at radius 2 is 1.69 bits per heavy atom. The highest BCUT2D eigenvalue weighted by molar-refractivity contribution is 7.92. The molecule has 1 saturated heterocycles. The molecule has 3 aromatic carbocycles. The van der Waals surface area contributed by atoms with Gasteiger partial charge >= 0.3 is 5.97 Å². The molecule has 1 aliphatic heterocycles. The summed E-state index contributed by atoms with van der Waals surface area (Å²) in [5, 5.41) is 13.3. The summed E-state index contributed by atoms with van der Waals surface area (Å²) in [6, 6.07) is 17.6. The molecular weight excluding hydrogens is 687 g/mol. The molecule has 0 aromatic heterocycles. The van der Waals surface area contributed by atoms with Crippen LogP contribution >= 0.6 is 23.2 Å². The third-order valence-corrected chi connectivity index (χ3v) is 12.8. The van der Waals surface area contributed by atoms with E-state index in [2.05, 4.69) is 5.32 Å². The molecular formula is C37H42Cl2N2O7S. The number of halogens is 2. The number of rotatable bonds is 11. The fraction of sp³-hybridized carbons (Fsp3) is 0.432. The van der Waals surface area contributed by atoms with Gasteiger partial charge in [-0.3, -0.25) is 9.59 Å². The molecule has 0 bridgehead atoms. The van der Waals surface area contributed by atoms with Crippen molar-refractivity contribution in [2.75, 3.05) is 18.2 Å². The summed E-state index contributed by atoms with van der Waals surface area (Å²) in [6.45, 7) is 6.76. The van der Waals surface area contributed by atoms with E-state index in [0.717, 1.165) is 24.0 Å². The van der Waals surface area contributed by atoms with Crippen LogP contribution in [0.25, 0.3) is 0 Å². The van der Waals surface area contributed by atoms with Gasteiger partial charge in [0.25, 0.3) is 0 Å². The second-order valence-corrected chi connectivity index (χ2v) is 18.0. The van der Waals surface area contributed by atoms with E-state index >= 15 is 4.79 Å². The van der Waals surface area contributed by atoms with Gasteiger partial charge in [-0.05, 0) is 99.5 Å². The van der Waals surface area contributed by atoms with Crippen LogP contribution in [-0.4, -0.2) is 59.9 Å². The van der Waals surface area contributed by atoms with Gasteiger partial charge in [0, 0.05) is 28.4 Å². The summed E-state index contributed by atoms with van der Waals surface area (Å²) in [5.41, 5.74) is 0.659. The summed E-state index contributed by atoms with van der Waals surface area (Å²) in [7, 11) is -2.29. The quantitative estimate of drug-likeness (QED) is 0.206. The summed E-state index contributed by atoms with van der Waals surface area (Å²) in [5.74, 6) is -2.36. The number of carboxylic acid groups (broad SMARTS) is 1. The number of sulfone groups is 1. The number of methoxy groups -OCH3 is 1. The Labute approximate surface area is 297 Å². The number of hydrogen-bond acceptors (Lipinski definition) is 6. The Balaban J connectivity index is 1.62. The van der Waals surface area contributed by atoms with Crippen molar-refractivity contribution >= 4 is 56.5 Å². The van der Waals surface area contributed by atoms with Gasteiger partial charge in [-0.25, -0.2) is 13.2 Å². The van der Waals surface area contributed by atoms with E-state index in [1.807, 2.05) is 30.3 Å². The van der Waals surface area contributed by atoms with Gasteiger partial charge in [-0.15, -0.1) is 0 Å². The molecule has 12 heteroatoms. The number of ether oxygens (including phenoxy) is 1. The van der Waals surface area contributed by atoms with Crippen LogP contribution in [0.5, 0.6) is 5.75 Å². The van der Waals surface area contributed by atoms with Crippen LogP contribution in [-0.2, 0) is 19.4 Å². The first kappa shape index (κ1) is 36.7. The molecule has 262 valence electrons. The minimum Gasteiger partial charge on any atom is -0.495 e. The fourth-order valence-electron chi connectivity index (χ4n) is 6.79. The molecule has 1 heterocycles. The largest absolute Gasteiger partial charge is 0.495 e. The van der Waals surface area contributed by atoms with E-state index in [1.165, 1.54) is 25.3 Å². The first-order chi connectivity index (χ1) is 22.9. The molecule has 9 nitrogen and oxygen atoms in total. The summed E-state index contributed by atoms with van der Waals surface area (Å²) in [6.07, 6.45) is 1.61. The molecule has 0 radical (unpaired) electrons. The second-order valence-electron chi connectivity index (χ2n) is 14.4. The number of nitrogens with zero attached hydrogens (tertiary/aromatic N) is 1. The van der Waals surface area contributed by atoms with Crippen molar-refractivity contribution in [1.82, 2.24) is 4.90 Å². The Kier molecular flexibility index (Phi) is 10.4. The third-order valence-electron chi connectivity index (χ3n) is 9.71. The number of carbonyl (C=O) groups is 3. The average molecular weight is 730 g/mol. The lowest BCUT2D eigenvalue weighted by atomic mass is 9.66. The van der Waals surface area contributed by atoms with Crippen LogP contribution in [0.4, 0.5) is 5.69 Å². The highest BCUT2D eigenvalue weighted by Crippen LogP contribution is 2.54. The minimum atomic E-state index is -3.67. The van der Waals surface area contributed by atoms with E-state index in [-0.39, 0.29) is 53.3 Å². The van der Waals surface area contributed by atoms with Crippen molar-refractivity contribution in [1.29, 1.82) is 0 Å². The van der Waals surface area contributed by atoms with Crippen molar-refractivity contribution in [3.05, 3.63) is 93.5 Å². The van der Waals surface area contributed by atoms with Gasteiger partial charge < -0.3 is 20.1 Å². The van der Waals surface area contributed by atoms with Crippen LogP contribution < -0.4 is 10.1 Å². The first-order valence-electron chi connectivity index (χ1n) is 16.2. The SMILES string of the molecule is COc1cc(C(=O)O)ccc1NC(=O)C[C@@]1(C)C[C@H](c2cccc(Cl)c2)[C@@H](c2ccc(Cl)cc2)N([C@H](CS(=O)(=O)C(C)(C)C)C2CC2)C1=O. The normalized spacial score (nSPS) is 22.0. The minimum absolute atomic E-state index is 0.00570. The molecule has 2 fully saturated rings. The number of carboxylic acids is 1. The predicted molar refractivity (Wildman–Crippen MR) is 191 cm³/mol. The number of anilines is 1. The molecule has 0 unspecified atom stereocenters. The van der Waals surface area contributed by atoms with Crippen LogP contribution in [0.1, 0.15) is 86.8 Å². The van der Waals surface area contributed by atoms with Crippen molar-refractivity contribution in [2.24, 2.45) is 11.3 Å². The fourth-order valence-corrected chi connectivity index (χ4v) is 8.49. The number of aromatic carboxylic acids is 1. The number of piperidine rings is 1. The standard InChI is InChI=1S/C37H42Cl2N2O7S/c1-36(2,3)49(46,47)21-30(22-9-10-22)41-33(23-11-14-26(38)15-12-23)28(24-7-6-8-27(39)17-24)19-37(4,35(41)45)20-32(42)40-29-16-13-25(34(43)44)18-31(29)48-5/h6-8,11-18,22,28,30,33H,9-10,19-21H2,1-5H3,(H,40,42)(H,43,44)/t28-,30-,33-,37-/m1/s1.